The first kappa shape index (κ1) is 46.1. The average Bonchev–Trinajstić information content (AvgIpc) is 4.01. The number of anilines is 2. The molecule has 5 N–H and O–H groups in total. The SMILES string of the molecule is C.CC(C)(C)OC(=O)N1CCc2c(sc(NC(=O)CCNC3CCC3)c2-c2nc3cnccc3s2)C1.O=C(CCNC1CCC1)Nc1sc2c(c1-c1nc3cnccc3s1)CCNC2. The van der Waals surface area contributed by atoms with Crippen molar-refractivity contribution in [3.8, 4) is 21.1 Å². The Morgan fingerprint density at radius 3 is 1.80 bits per heavy atom. The number of pyridine rings is 2. The molecule has 3 amide bonds. The van der Waals surface area contributed by atoms with Crippen molar-refractivity contribution in [2.75, 3.05) is 36.8 Å². The predicted molar refractivity (Wildman–Crippen MR) is 262 cm³/mol. The highest BCUT2D eigenvalue weighted by Crippen LogP contribution is 2.47. The predicted octanol–water partition coefficient (Wildman–Crippen LogP) is 9.36. The van der Waals surface area contributed by atoms with E-state index in [0.717, 1.165) is 88.1 Å². The van der Waals surface area contributed by atoms with Gasteiger partial charge in [-0.2, -0.15) is 0 Å². The number of amides is 3. The highest BCUT2D eigenvalue weighted by Gasteiger charge is 2.32. The minimum Gasteiger partial charge on any atom is -0.444 e. The van der Waals surface area contributed by atoms with Crippen LogP contribution in [0.5, 0.6) is 0 Å². The van der Waals surface area contributed by atoms with Gasteiger partial charge in [-0.15, -0.1) is 45.3 Å². The minimum absolute atomic E-state index is 0. The molecule has 4 aliphatic rings. The summed E-state index contributed by atoms with van der Waals surface area (Å²) in [6.07, 6.45) is 16.9. The summed E-state index contributed by atoms with van der Waals surface area (Å²) in [6.45, 7) is 9.89. The molecular formula is C46H58N10O4S4. The summed E-state index contributed by atoms with van der Waals surface area (Å²) in [5.41, 5.74) is 5.81. The van der Waals surface area contributed by atoms with Crippen LogP contribution in [0.2, 0.25) is 0 Å². The maximum Gasteiger partial charge on any atom is 0.410 e. The summed E-state index contributed by atoms with van der Waals surface area (Å²) in [5.74, 6) is 0.0610. The second kappa shape index (κ2) is 20.4. The highest BCUT2D eigenvalue weighted by molar-refractivity contribution is 7.23. The van der Waals surface area contributed by atoms with E-state index in [-0.39, 0.29) is 25.3 Å². The number of fused-ring (bicyclic) bond motifs is 4. The Balaban J connectivity index is 0.000000176. The molecule has 64 heavy (non-hydrogen) atoms. The van der Waals surface area contributed by atoms with Gasteiger partial charge in [-0.3, -0.25) is 19.6 Å². The van der Waals surface area contributed by atoms with Gasteiger partial charge in [-0.05, 0) is 89.1 Å². The number of thiophene rings is 2. The van der Waals surface area contributed by atoms with Crippen molar-refractivity contribution in [1.82, 2.24) is 40.8 Å². The fourth-order valence-electron chi connectivity index (χ4n) is 8.01. The number of carbonyl (C=O) groups is 3. The number of carbonyl (C=O) groups excluding carboxylic acids is 3. The van der Waals surface area contributed by atoms with E-state index in [9.17, 15) is 14.4 Å². The van der Waals surface area contributed by atoms with Crippen LogP contribution in [-0.2, 0) is 40.3 Å². The summed E-state index contributed by atoms with van der Waals surface area (Å²) in [5, 5.41) is 20.3. The zero-order valence-corrected chi connectivity index (χ0v) is 39.2. The summed E-state index contributed by atoms with van der Waals surface area (Å²) >= 11 is 6.50. The minimum atomic E-state index is -0.542. The van der Waals surface area contributed by atoms with Crippen molar-refractivity contribution >= 4 is 93.7 Å². The van der Waals surface area contributed by atoms with Crippen LogP contribution < -0.4 is 26.6 Å². The molecule has 0 spiro atoms. The van der Waals surface area contributed by atoms with Crippen molar-refractivity contribution < 1.29 is 19.1 Å². The van der Waals surface area contributed by atoms with Crippen molar-refractivity contribution in [2.45, 2.75) is 123 Å². The second-order valence-corrected chi connectivity index (χ2v) is 21.8. The molecule has 340 valence electrons. The molecule has 2 fully saturated rings. The van der Waals surface area contributed by atoms with E-state index in [0.29, 0.717) is 51.0 Å². The lowest BCUT2D eigenvalue weighted by atomic mass is 9.93. The van der Waals surface area contributed by atoms with Gasteiger partial charge in [-0.1, -0.05) is 20.3 Å². The quantitative estimate of drug-likeness (QED) is 0.0791. The standard InChI is InChI=1S/C25H31N5O3S2.C20H23N5OS2.CH4/c1-25(2,3)33-24(32)30-12-9-16-19(14-30)35-23(29-20(31)8-11-27-15-5-4-6-15)21(16)22-28-17-13-26-10-7-18(17)34-22;26-17(6-9-23-12-2-1-3-12)25-20-18(13-4-7-22-11-16(13)28-20)19-24-14-10-21-8-5-15(14)27-19;/h7,10,13,15,27H,4-6,8-9,11-12,14H2,1-3H3,(H,29,31);5,8,10,12,22-23H,1-4,6-7,9,11H2,(H,25,26);1H4. The van der Waals surface area contributed by atoms with Crippen LogP contribution in [0.1, 0.15) is 100 Å². The molecule has 0 atom stereocenters. The van der Waals surface area contributed by atoms with Crippen LogP contribution in [0.15, 0.2) is 36.9 Å². The number of hydrogen-bond acceptors (Lipinski definition) is 15. The fourth-order valence-corrected chi connectivity index (χ4v) is 12.7. The van der Waals surface area contributed by atoms with Crippen molar-refractivity contribution in [2.24, 2.45) is 0 Å². The number of hydrogen-bond donors (Lipinski definition) is 5. The van der Waals surface area contributed by atoms with Gasteiger partial charge < -0.3 is 36.2 Å². The fraction of sp³-hybridized carbons (Fsp3) is 0.500. The average molecular weight is 943 g/mol. The maximum absolute atomic E-state index is 12.8. The number of nitrogens with one attached hydrogen (secondary N) is 5. The molecule has 0 radical (unpaired) electrons. The molecule has 6 aromatic heterocycles. The van der Waals surface area contributed by atoms with Gasteiger partial charge in [0.1, 0.15) is 36.7 Å². The van der Waals surface area contributed by atoms with E-state index >= 15 is 0 Å². The van der Waals surface area contributed by atoms with Gasteiger partial charge in [0.2, 0.25) is 11.8 Å². The zero-order chi connectivity index (χ0) is 43.5. The Labute approximate surface area is 390 Å². The number of rotatable bonds is 12. The van der Waals surface area contributed by atoms with Crippen LogP contribution in [0.25, 0.3) is 41.6 Å². The zero-order valence-electron chi connectivity index (χ0n) is 35.9. The van der Waals surface area contributed by atoms with Crippen LogP contribution >= 0.6 is 45.3 Å². The summed E-state index contributed by atoms with van der Waals surface area (Å²) in [4.78, 5) is 60.3. The number of aromatic nitrogens is 4. The van der Waals surface area contributed by atoms with Crippen LogP contribution in [-0.4, -0.2) is 86.6 Å². The highest BCUT2D eigenvalue weighted by atomic mass is 32.1. The van der Waals surface area contributed by atoms with Gasteiger partial charge in [0.25, 0.3) is 0 Å². The number of ether oxygens (including phenoxy) is 1. The van der Waals surface area contributed by atoms with Crippen LogP contribution in [0.3, 0.4) is 0 Å². The Bertz CT molecular complexity index is 2540. The van der Waals surface area contributed by atoms with Crippen molar-refractivity contribution in [3.63, 3.8) is 0 Å². The molecule has 0 bridgehead atoms. The normalized spacial score (nSPS) is 16.1. The summed E-state index contributed by atoms with van der Waals surface area (Å²) in [6, 6.07) is 5.13. The molecule has 10 rings (SSSR count). The van der Waals surface area contributed by atoms with E-state index in [1.165, 1.54) is 60.3 Å². The third-order valence-corrected chi connectivity index (χ3v) is 16.1. The van der Waals surface area contributed by atoms with Crippen LogP contribution in [0, 0.1) is 0 Å². The summed E-state index contributed by atoms with van der Waals surface area (Å²) < 4.78 is 7.78. The molecular weight excluding hydrogens is 885 g/mol. The summed E-state index contributed by atoms with van der Waals surface area (Å²) in [7, 11) is 0. The second-order valence-electron chi connectivity index (χ2n) is 17.5. The van der Waals surface area contributed by atoms with Gasteiger partial charge in [0.15, 0.2) is 0 Å². The largest absolute Gasteiger partial charge is 0.444 e. The number of thiazole rings is 2. The van der Waals surface area contributed by atoms with E-state index in [2.05, 4.69) is 36.6 Å². The lowest BCUT2D eigenvalue weighted by molar-refractivity contribution is -0.117. The Morgan fingerprint density at radius 2 is 1.30 bits per heavy atom. The molecule has 18 heteroatoms. The monoisotopic (exact) mass is 942 g/mol. The molecule has 2 saturated carbocycles. The molecule has 2 aliphatic carbocycles. The smallest absolute Gasteiger partial charge is 0.410 e. The first-order valence-electron chi connectivity index (χ1n) is 22.0. The van der Waals surface area contributed by atoms with E-state index < -0.39 is 5.60 Å². The Morgan fingerprint density at radius 1 is 0.766 bits per heavy atom. The molecule has 6 aromatic rings. The van der Waals surface area contributed by atoms with E-state index in [1.54, 1.807) is 63.7 Å². The Hall–Kier alpha value is -4.43. The van der Waals surface area contributed by atoms with Crippen molar-refractivity contribution in [3.05, 3.63) is 57.8 Å². The molecule has 0 aromatic carbocycles. The molecule has 14 nitrogen and oxygen atoms in total. The Kier molecular flexibility index (Phi) is 14.7. The van der Waals surface area contributed by atoms with Gasteiger partial charge in [0, 0.05) is 84.4 Å². The van der Waals surface area contributed by atoms with E-state index in [1.807, 2.05) is 32.9 Å². The lowest BCUT2D eigenvalue weighted by Crippen LogP contribution is -2.39. The number of nitrogens with zero attached hydrogens (tertiary/aromatic N) is 5. The van der Waals surface area contributed by atoms with Gasteiger partial charge in [-0.25, -0.2) is 14.8 Å². The van der Waals surface area contributed by atoms with Crippen LogP contribution in [0.4, 0.5) is 14.8 Å². The van der Waals surface area contributed by atoms with Gasteiger partial charge >= 0.3 is 6.09 Å². The molecule has 0 saturated heterocycles. The molecule has 2 aliphatic heterocycles. The van der Waals surface area contributed by atoms with Gasteiger partial charge in [0.05, 0.1) is 28.3 Å². The van der Waals surface area contributed by atoms with Crippen molar-refractivity contribution in [1.29, 1.82) is 0 Å². The molecule has 0 unspecified atom stereocenters. The first-order chi connectivity index (χ1) is 30.5. The lowest BCUT2D eigenvalue weighted by Gasteiger charge is -2.30. The third-order valence-electron chi connectivity index (χ3n) is 11.7. The third kappa shape index (κ3) is 10.8. The topological polar surface area (TPSA) is 175 Å². The first-order valence-corrected chi connectivity index (χ1v) is 25.3. The van der Waals surface area contributed by atoms with E-state index in [4.69, 9.17) is 14.7 Å². The molecule has 8 heterocycles. The maximum atomic E-state index is 12.8.